The molecule has 0 aliphatic heterocycles. The van der Waals surface area contributed by atoms with E-state index in [0.29, 0.717) is 19.3 Å². The number of hydrogen-bond acceptors (Lipinski definition) is 3. The number of nitrogens with one attached hydrogen (secondary N) is 1. The van der Waals surface area contributed by atoms with Gasteiger partial charge in [0.1, 0.15) is 0 Å². The van der Waals surface area contributed by atoms with Gasteiger partial charge in [0.25, 0.3) is 0 Å². The van der Waals surface area contributed by atoms with Crippen molar-refractivity contribution in [3.05, 3.63) is 0 Å². The third kappa shape index (κ3) is 2.92. The van der Waals surface area contributed by atoms with Gasteiger partial charge in [-0.25, -0.2) is 0 Å². The van der Waals surface area contributed by atoms with E-state index < -0.39 is 0 Å². The van der Waals surface area contributed by atoms with Gasteiger partial charge in [-0.3, -0.25) is 4.79 Å². The van der Waals surface area contributed by atoms with E-state index in [0.717, 1.165) is 6.42 Å². The molecule has 2 atom stereocenters. The molecule has 2 unspecified atom stereocenters. The first kappa shape index (κ1) is 12.5. The molecule has 4 heteroatoms. The molecule has 0 aromatic rings. The maximum absolute atomic E-state index is 11.4. The maximum atomic E-state index is 11.4. The number of hydrogen-bond donors (Lipinski definition) is 3. The second-order valence-corrected chi connectivity index (χ2v) is 4.87. The fourth-order valence-corrected chi connectivity index (χ4v) is 1.81. The van der Waals surface area contributed by atoms with Crippen LogP contribution in [0.25, 0.3) is 0 Å². The van der Waals surface area contributed by atoms with E-state index in [1.807, 2.05) is 13.8 Å². The molecule has 3 N–H and O–H groups in total. The van der Waals surface area contributed by atoms with Crippen LogP contribution in [0, 0.1) is 5.41 Å². The molecular weight excluding hydrogens is 194 g/mol. The lowest BCUT2D eigenvalue weighted by molar-refractivity contribution is -0.129. The lowest BCUT2D eigenvalue weighted by atomic mass is 9.64. The van der Waals surface area contributed by atoms with Crippen LogP contribution in [-0.2, 0) is 4.79 Å². The average molecular weight is 215 g/mol. The Morgan fingerprint density at radius 3 is 2.60 bits per heavy atom. The SMILES string of the molecule is CC1(C)C(O)CC1NC(=O)CCCCO. The van der Waals surface area contributed by atoms with Crippen LogP contribution in [0.4, 0.5) is 0 Å². The van der Waals surface area contributed by atoms with E-state index in [4.69, 9.17) is 5.11 Å². The number of aliphatic hydroxyl groups is 2. The number of carbonyl (C=O) groups excluding carboxylic acids is 1. The highest BCUT2D eigenvalue weighted by atomic mass is 16.3. The smallest absolute Gasteiger partial charge is 0.220 e. The Labute approximate surface area is 90.7 Å². The first-order valence-electron chi connectivity index (χ1n) is 5.56. The molecule has 4 nitrogen and oxygen atoms in total. The van der Waals surface area contributed by atoms with Gasteiger partial charge in [-0.2, -0.15) is 0 Å². The molecule has 0 radical (unpaired) electrons. The van der Waals surface area contributed by atoms with Crippen molar-refractivity contribution in [1.29, 1.82) is 0 Å². The number of carbonyl (C=O) groups is 1. The van der Waals surface area contributed by atoms with E-state index in [1.165, 1.54) is 0 Å². The largest absolute Gasteiger partial charge is 0.396 e. The van der Waals surface area contributed by atoms with Crippen molar-refractivity contribution in [3.63, 3.8) is 0 Å². The van der Waals surface area contributed by atoms with E-state index in [2.05, 4.69) is 5.32 Å². The second-order valence-electron chi connectivity index (χ2n) is 4.87. The van der Waals surface area contributed by atoms with Gasteiger partial charge in [-0.15, -0.1) is 0 Å². The Balaban J connectivity index is 2.22. The highest BCUT2D eigenvalue weighted by Gasteiger charge is 2.47. The lowest BCUT2D eigenvalue weighted by Gasteiger charge is -2.49. The van der Waals surface area contributed by atoms with E-state index in [-0.39, 0.29) is 30.1 Å². The van der Waals surface area contributed by atoms with Gasteiger partial charge in [-0.05, 0) is 19.3 Å². The third-order valence-electron chi connectivity index (χ3n) is 3.36. The maximum Gasteiger partial charge on any atom is 0.220 e. The van der Waals surface area contributed by atoms with Crippen LogP contribution in [0.15, 0.2) is 0 Å². The van der Waals surface area contributed by atoms with Crippen LogP contribution in [0.3, 0.4) is 0 Å². The fourth-order valence-electron chi connectivity index (χ4n) is 1.81. The van der Waals surface area contributed by atoms with Crippen molar-refractivity contribution in [3.8, 4) is 0 Å². The molecule has 1 amide bonds. The van der Waals surface area contributed by atoms with Gasteiger partial charge >= 0.3 is 0 Å². The van der Waals surface area contributed by atoms with E-state index in [9.17, 15) is 9.90 Å². The van der Waals surface area contributed by atoms with Crippen molar-refractivity contribution in [1.82, 2.24) is 5.32 Å². The van der Waals surface area contributed by atoms with Crippen LogP contribution in [0.5, 0.6) is 0 Å². The van der Waals surface area contributed by atoms with Gasteiger partial charge in [-0.1, -0.05) is 13.8 Å². The highest BCUT2D eigenvalue weighted by Crippen LogP contribution is 2.40. The molecule has 0 saturated heterocycles. The molecule has 15 heavy (non-hydrogen) atoms. The van der Waals surface area contributed by atoms with Gasteiger partial charge < -0.3 is 15.5 Å². The standard InChI is InChI=1S/C11H21NO3/c1-11(2)8(7-9(11)14)12-10(15)5-3-4-6-13/h8-9,13-14H,3-7H2,1-2H3,(H,12,15). The van der Waals surface area contributed by atoms with Crippen LogP contribution in [-0.4, -0.2) is 34.9 Å². The van der Waals surface area contributed by atoms with Crippen LogP contribution in [0.2, 0.25) is 0 Å². The summed E-state index contributed by atoms with van der Waals surface area (Å²) in [6.07, 6.45) is 2.20. The van der Waals surface area contributed by atoms with Crippen LogP contribution in [0.1, 0.15) is 39.5 Å². The first-order valence-corrected chi connectivity index (χ1v) is 5.56. The Morgan fingerprint density at radius 2 is 2.13 bits per heavy atom. The summed E-state index contributed by atoms with van der Waals surface area (Å²) in [4.78, 5) is 11.4. The van der Waals surface area contributed by atoms with Gasteiger partial charge in [0, 0.05) is 24.5 Å². The number of unbranched alkanes of at least 4 members (excludes halogenated alkanes) is 1. The Hall–Kier alpha value is -0.610. The van der Waals surface area contributed by atoms with Crippen LogP contribution >= 0.6 is 0 Å². The zero-order valence-corrected chi connectivity index (χ0v) is 9.49. The summed E-state index contributed by atoms with van der Waals surface area (Å²) in [6.45, 7) is 4.06. The summed E-state index contributed by atoms with van der Waals surface area (Å²) >= 11 is 0. The normalized spacial score (nSPS) is 28.3. The van der Waals surface area contributed by atoms with Crippen molar-refractivity contribution < 1.29 is 15.0 Å². The molecule has 0 aromatic carbocycles. The zero-order valence-electron chi connectivity index (χ0n) is 9.49. The van der Waals surface area contributed by atoms with Crippen LogP contribution < -0.4 is 5.32 Å². The summed E-state index contributed by atoms with van der Waals surface area (Å²) in [5, 5.41) is 21.0. The first-order chi connectivity index (χ1) is 6.98. The minimum absolute atomic E-state index is 0.0217. The summed E-state index contributed by atoms with van der Waals surface area (Å²) in [5.41, 5.74) is -0.202. The third-order valence-corrected chi connectivity index (χ3v) is 3.36. The highest BCUT2D eigenvalue weighted by molar-refractivity contribution is 5.76. The van der Waals surface area contributed by atoms with Gasteiger partial charge in [0.2, 0.25) is 5.91 Å². The molecule has 1 aliphatic carbocycles. The van der Waals surface area contributed by atoms with Crippen molar-refractivity contribution >= 4 is 5.91 Å². The molecule has 1 saturated carbocycles. The Morgan fingerprint density at radius 1 is 1.47 bits per heavy atom. The topological polar surface area (TPSA) is 69.6 Å². The Bertz CT molecular complexity index is 228. The van der Waals surface area contributed by atoms with Crippen molar-refractivity contribution in [2.45, 2.75) is 51.7 Å². The van der Waals surface area contributed by atoms with Crippen molar-refractivity contribution in [2.24, 2.45) is 5.41 Å². The summed E-state index contributed by atoms with van der Waals surface area (Å²) < 4.78 is 0. The van der Waals surface area contributed by atoms with Gasteiger partial charge in [0.05, 0.1) is 6.10 Å². The van der Waals surface area contributed by atoms with E-state index in [1.54, 1.807) is 0 Å². The van der Waals surface area contributed by atoms with Gasteiger partial charge in [0.15, 0.2) is 0 Å². The monoisotopic (exact) mass is 215 g/mol. The number of aliphatic hydroxyl groups excluding tert-OH is 2. The molecule has 0 spiro atoms. The molecule has 0 aromatic heterocycles. The minimum atomic E-state index is -0.305. The van der Waals surface area contributed by atoms with Crippen molar-refractivity contribution in [2.75, 3.05) is 6.61 Å². The van der Waals surface area contributed by atoms with E-state index >= 15 is 0 Å². The molecule has 1 rings (SSSR count). The predicted octanol–water partition coefficient (Wildman–Crippen LogP) is 0.425. The molecule has 0 bridgehead atoms. The minimum Gasteiger partial charge on any atom is -0.396 e. The zero-order chi connectivity index (χ0) is 11.5. The summed E-state index contributed by atoms with van der Waals surface area (Å²) in [7, 11) is 0. The quantitative estimate of drug-likeness (QED) is 0.582. The fraction of sp³-hybridized carbons (Fsp3) is 0.909. The Kier molecular flexibility index (Phi) is 4.11. The number of rotatable bonds is 5. The lowest BCUT2D eigenvalue weighted by Crippen LogP contribution is -2.61. The predicted molar refractivity (Wildman–Crippen MR) is 57.3 cm³/mol. The molecule has 1 fully saturated rings. The average Bonchev–Trinajstić information content (AvgIpc) is 2.18. The molecule has 0 heterocycles. The summed E-state index contributed by atoms with van der Waals surface area (Å²) in [5.74, 6) is 0.0217. The molecule has 1 aliphatic rings. The molecule has 88 valence electrons. The number of amides is 1. The second kappa shape index (κ2) is 4.94. The summed E-state index contributed by atoms with van der Waals surface area (Å²) in [6, 6.07) is 0.0918. The molecular formula is C11H21NO3.